The van der Waals surface area contributed by atoms with E-state index in [-0.39, 0.29) is 12.5 Å². The largest absolute Gasteiger partial charge is 0.322 e. The fraction of sp³-hybridized carbons (Fsp3) is 0.174. The number of sulfonamides is 1. The molecule has 0 atom stereocenters. The molecule has 1 amide bonds. The first-order chi connectivity index (χ1) is 14.1. The Morgan fingerprint density at radius 1 is 0.967 bits per heavy atom. The number of rotatable bonds is 6. The highest BCUT2D eigenvalue weighted by atomic mass is 35.5. The van der Waals surface area contributed by atoms with Crippen LogP contribution in [0.15, 0.2) is 66.7 Å². The number of nitrogens with zero attached hydrogens (tertiary/aromatic N) is 1. The molecule has 0 spiro atoms. The average molecular weight is 443 g/mol. The molecule has 156 valence electrons. The minimum absolute atomic E-state index is 0.215. The molecular weight excluding hydrogens is 420 g/mol. The number of benzene rings is 3. The van der Waals surface area contributed by atoms with Crippen molar-refractivity contribution in [1.82, 2.24) is 0 Å². The summed E-state index contributed by atoms with van der Waals surface area (Å²) in [6.45, 7) is 4.02. The SMILES string of the molecule is Cc1ccc(CN(c2ccc(C(=O)Nc3cccc(Cl)c3C)cc2)S(C)(=O)=O)cc1. The Morgan fingerprint density at radius 2 is 1.60 bits per heavy atom. The van der Waals surface area contributed by atoms with E-state index in [4.69, 9.17) is 11.6 Å². The second-order valence-corrected chi connectivity index (χ2v) is 9.48. The lowest BCUT2D eigenvalue weighted by Crippen LogP contribution is -2.29. The van der Waals surface area contributed by atoms with Crippen LogP contribution in [0.3, 0.4) is 0 Å². The molecule has 0 heterocycles. The number of hydrogen-bond donors (Lipinski definition) is 1. The van der Waals surface area contributed by atoms with Gasteiger partial charge >= 0.3 is 0 Å². The van der Waals surface area contributed by atoms with Crippen LogP contribution in [-0.4, -0.2) is 20.6 Å². The van der Waals surface area contributed by atoms with Crippen molar-refractivity contribution in [2.24, 2.45) is 0 Å². The summed E-state index contributed by atoms with van der Waals surface area (Å²) >= 11 is 6.10. The van der Waals surface area contributed by atoms with Gasteiger partial charge in [-0.05, 0) is 61.4 Å². The van der Waals surface area contributed by atoms with Crippen molar-refractivity contribution >= 4 is 38.9 Å². The predicted octanol–water partition coefficient (Wildman–Crippen LogP) is 5.18. The zero-order valence-electron chi connectivity index (χ0n) is 17.0. The van der Waals surface area contributed by atoms with Gasteiger partial charge in [0.2, 0.25) is 10.0 Å². The molecule has 3 aromatic carbocycles. The second kappa shape index (κ2) is 8.90. The molecule has 3 aromatic rings. The van der Waals surface area contributed by atoms with E-state index in [0.717, 1.165) is 16.7 Å². The van der Waals surface area contributed by atoms with Crippen LogP contribution >= 0.6 is 11.6 Å². The van der Waals surface area contributed by atoms with Crippen molar-refractivity contribution in [1.29, 1.82) is 0 Å². The highest BCUT2D eigenvalue weighted by molar-refractivity contribution is 7.92. The normalized spacial score (nSPS) is 11.2. The van der Waals surface area contributed by atoms with Crippen LogP contribution in [0.4, 0.5) is 11.4 Å². The van der Waals surface area contributed by atoms with Gasteiger partial charge in [-0.15, -0.1) is 0 Å². The van der Waals surface area contributed by atoms with E-state index in [2.05, 4.69) is 5.32 Å². The number of halogens is 1. The molecule has 7 heteroatoms. The van der Waals surface area contributed by atoms with Gasteiger partial charge in [0.15, 0.2) is 0 Å². The number of anilines is 2. The zero-order valence-corrected chi connectivity index (χ0v) is 18.6. The van der Waals surface area contributed by atoms with Crippen LogP contribution in [0.25, 0.3) is 0 Å². The maximum atomic E-state index is 12.6. The van der Waals surface area contributed by atoms with E-state index in [9.17, 15) is 13.2 Å². The van der Waals surface area contributed by atoms with Crippen molar-refractivity contribution in [3.63, 3.8) is 0 Å². The zero-order chi connectivity index (χ0) is 21.9. The highest BCUT2D eigenvalue weighted by Gasteiger charge is 2.18. The van der Waals surface area contributed by atoms with Crippen molar-refractivity contribution in [3.8, 4) is 0 Å². The number of carbonyl (C=O) groups excluding carboxylic acids is 1. The summed E-state index contributed by atoms with van der Waals surface area (Å²) in [6, 6.07) is 19.5. The van der Waals surface area contributed by atoms with Crippen LogP contribution in [0, 0.1) is 13.8 Å². The smallest absolute Gasteiger partial charge is 0.255 e. The van der Waals surface area contributed by atoms with E-state index < -0.39 is 10.0 Å². The summed E-state index contributed by atoms with van der Waals surface area (Å²) < 4.78 is 26.1. The Morgan fingerprint density at radius 3 is 2.20 bits per heavy atom. The third-order valence-electron chi connectivity index (χ3n) is 4.78. The Labute approximate surface area is 182 Å². The first-order valence-electron chi connectivity index (χ1n) is 9.35. The fourth-order valence-electron chi connectivity index (χ4n) is 2.98. The van der Waals surface area contributed by atoms with Gasteiger partial charge in [-0.3, -0.25) is 9.10 Å². The molecule has 0 saturated heterocycles. The first kappa shape index (κ1) is 21.9. The lowest BCUT2D eigenvalue weighted by molar-refractivity contribution is 0.102. The molecule has 0 radical (unpaired) electrons. The van der Waals surface area contributed by atoms with E-state index in [1.807, 2.05) is 38.1 Å². The first-order valence-corrected chi connectivity index (χ1v) is 11.6. The summed E-state index contributed by atoms with van der Waals surface area (Å²) in [5.41, 5.74) is 4.31. The Balaban J connectivity index is 1.81. The van der Waals surface area contributed by atoms with Gasteiger partial charge in [0.05, 0.1) is 18.5 Å². The summed E-state index contributed by atoms with van der Waals surface area (Å²) in [5, 5.41) is 3.41. The van der Waals surface area contributed by atoms with E-state index >= 15 is 0 Å². The lowest BCUT2D eigenvalue weighted by Gasteiger charge is -2.23. The number of aryl methyl sites for hydroxylation is 1. The summed E-state index contributed by atoms with van der Waals surface area (Å²) in [6.07, 6.45) is 1.17. The van der Waals surface area contributed by atoms with Gasteiger partial charge in [0, 0.05) is 16.3 Å². The van der Waals surface area contributed by atoms with Crippen molar-refractivity contribution in [2.45, 2.75) is 20.4 Å². The third kappa shape index (κ3) is 5.20. The quantitative estimate of drug-likeness (QED) is 0.572. The van der Waals surface area contributed by atoms with Crippen molar-refractivity contribution in [3.05, 3.63) is 94.0 Å². The van der Waals surface area contributed by atoms with Gasteiger partial charge in [-0.25, -0.2) is 8.42 Å². The Kier molecular flexibility index (Phi) is 6.48. The molecule has 0 saturated carbocycles. The maximum Gasteiger partial charge on any atom is 0.255 e. The van der Waals surface area contributed by atoms with Crippen LogP contribution in [0.2, 0.25) is 5.02 Å². The summed E-state index contributed by atoms with van der Waals surface area (Å²) in [7, 11) is -3.50. The Bertz CT molecular complexity index is 1160. The van der Waals surface area contributed by atoms with Crippen molar-refractivity contribution in [2.75, 3.05) is 15.9 Å². The minimum atomic E-state index is -3.50. The topological polar surface area (TPSA) is 66.5 Å². The molecule has 3 rings (SSSR count). The molecule has 0 aliphatic rings. The van der Waals surface area contributed by atoms with Gasteiger partial charge in [0.1, 0.15) is 0 Å². The summed E-state index contributed by atoms with van der Waals surface area (Å²) in [4.78, 5) is 12.6. The fourth-order valence-corrected chi connectivity index (χ4v) is 4.04. The van der Waals surface area contributed by atoms with Crippen LogP contribution < -0.4 is 9.62 Å². The number of hydrogen-bond acceptors (Lipinski definition) is 3. The molecule has 5 nitrogen and oxygen atoms in total. The highest BCUT2D eigenvalue weighted by Crippen LogP contribution is 2.25. The monoisotopic (exact) mass is 442 g/mol. The molecule has 0 fully saturated rings. The molecule has 0 bridgehead atoms. The number of carbonyl (C=O) groups is 1. The van der Waals surface area contributed by atoms with Crippen LogP contribution in [0.5, 0.6) is 0 Å². The average Bonchev–Trinajstić information content (AvgIpc) is 2.70. The third-order valence-corrected chi connectivity index (χ3v) is 6.33. The molecule has 0 aromatic heterocycles. The molecule has 0 aliphatic heterocycles. The summed E-state index contributed by atoms with van der Waals surface area (Å²) in [5.74, 6) is -0.295. The second-order valence-electron chi connectivity index (χ2n) is 7.17. The van der Waals surface area contributed by atoms with Crippen LogP contribution in [-0.2, 0) is 16.6 Å². The molecular formula is C23H23ClN2O3S. The minimum Gasteiger partial charge on any atom is -0.322 e. The number of amides is 1. The van der Waals surface area contributed by atoms with Gasteiger partial charge in [0.25, 0.3) is 5.91 Å². The van der Waals surface area contributed by atoms with Crippen LogP contribution in [0.1, 0.15) is 27.0 Å². The van der Waals surface area contributed by atoms with Gasteiger partial charge in [-0.1, -0.05) is 47.5 Å². The van der Waals surface area contributed by atoms with E-state index in [0.29, 0.717) is 22.0 Å². The van der Waals surface area contributed by atoms with Gasteiger partial charge < -0.3 is 5.32 Å². The lowest BCUT2D eigenvalue weighted by atomic mass is 10.1. The predicted molar refractivity (Wildman–Crippen MR) is 123 cm³/mol. The maximum absolute atomic E-state index is 12.6. The van der Waals surface area contributed by atoms with E-state index in [1.54, 1.807) is 42.5 Å². The number of nitrogens with one attached hydrogen (secondary N) is 1. The molecule has 30 heavy (non-hydrogen) atoms. The molecule has 1 N–H and O–H groups in total. The molecule has 0 unspecified atom stereocenters. The van der Waals surface area contributed by atoms with Gasteiger partial charge in [-0.2, -0.15) is 0 Å². The molecule has 0 aliphatic carbocycles. The standard InChI is InChI=1S/C23H23ClN2O3S/c1-16-7-9-18(10-8-16)15-26(30(3,28)29)20-13-11-19(12-14-20)23(27)25-22-6-4-5-21(24)17(22)2/h4-14H,15H2,1-3H3,(H,25,27). The van der Waals surface area contributed by atoms with Crippen molar-refractivity contribution < 1.29 is 13.2 Å². The van der Waals surface area contributed by atoms with E-state index in [1.165, 1.54) is 10.6 Å². The Hall–Kier alpha value is -2.83.